The Morgan fingerprint density at radius 3 is 1.22 bits per heavy atom. The number of rotatable bonds is 16. The highest BCUT2D eigenvalue weighted by Crippen LogP contribution is 2.33. The Morgan fingerprint density at radius 1 is 0.539 bits per heavy atom. The van der Waals surface area contributed by atoms with Gasteiger partial charge in [0.2, 0.25) is 23.6 Å². The van der Waals surface area contributed by atoms with Gasteiger partial charge in [0.25, 0.3) is 31.2 Å². The van der Waals surface area contributed by atoms with Crippen LogP contribution in [-0.4, -0.2) is 86.0 Å². The number of nitrogens with one attached hydrogen (secondary N) is 4. The van der Waals surface area contributed by atoms with Crippen LogP contribution in [0.4, 0.5) is 28.9 Å². The highest BCUT2D eigenvalue weighted by atomic mass is 32.2. The van der Waals surface area contributed by atoms with Crippen LogP contribution < -0.4 is 40.7 Å². The zero-order valence-corrected chi connectivity index (χ0v) is 42.7. The van der Waals surface area contributed by atoms with Gasteiger partial charge in [0, 0.05) is 62.8 Å². The minimum absolute atomic E-state index is 0.0813. The maximum Gasteiger partial charge on any atom is 0.262 e. The quantitative estimate of drug-likeness (QED) is 0.0827. The molecule has 0 saturated carbocycles. The molecular formula is C50H46F4N10O10S2. The van der Waals surface area contributed by atoms with Crippen LogP contribution in [0.1, 0.15) is 13.8 Å². The second kappa shape index (κ2) is 22.8. The van der Waals surface area contributed by atoms with Gasteiger partial charge in [0.15, 0.2) is 0 Å². The van der Waals surface area contributed by atoms with E-state index in [9.17, 15) is 53.6 Å². The number of amides is 2. The number of carbonyl (C=O) groups is 2. The van der Waals surface area contributed by atoms with Gasteiger partial charge in [-0.3, -0.25) is 37.8 Å². The number of nitrogens with zero attached hydrogens (tertiary/aromatic N) is 6. The van der Waals surface area contributed by atoms with Gasteiger partial charge < -0.3 is 20.1 Å². The highest BCUT2D eigenvalue weighted by molar-refractivity contribution is 7.93. The molecule has 4 aromatic carbocycles. The first-order valence-electron chi connectivity index (χ1n) is 22.5. The molecule has 0 bridgehead atoms. The van der Waals surface area contributed by atoms with Gasteiger partial charge in [-0.2, -0.15) is 0 Å². The Morgan fingerprint density at radius 2 is 0.895 bits per heavy atom. The zero-order chi connectivity index (χ0) is 55.2. The molecule has 20 nitrogen and oxygen atoms in total. The number of fused-ring (bicyclic) bond motifs is 2. The molecule has 396 valence electrons. The summed E-state index contributed by atoms with van der Waals surface area (Å²) in [7, 11) is -3.21. The van der Waals surface area contributed by atoms with Crippen LogP contribution >= 0.6 is 0 Å². The minimum atomic E-state index is -4.40. The number of carbonyl (C=O) groups excluding carboxylic acids is 2. The van der Waals surface area contributed by atoms with Crippen molar-refractivity contribution in [2.75, 3.05) is 37.8 Å². The van der Waals surface area contributed by atoms with Crippen molar-refractivity contribution in [1.82, 2.24) is 39.7 Å². The normalized spacial score (nSPS) is 12.2. The molecule has 8 aromatic rings. The molecule has 0 unspecified atom stereocenters. The van der Waals surface area contributed by atoms with Crippen LogP contribution in [0, 0.1) is 35.1 Å². The van der Waals surface area contributed by atoms with E-state index in [-0.39, 0.29) is 69.9 Å². The molecule has 0 fully saturated rings. The molecule has 26 heteroatoms. The van der Waals surface area contributed by atoms with Gasteiger partial charge in [0.1, 0.15) is 34.6 Å². The van der Waals surface area contributed by atoms with Gasteiger partial charge >= 0.3 is 0 Å². The third-order valence-corrected chi connectivity index (χ3v) is 14.2. The van der Waals surface area contributed by atoms with E-state index in [1.54, 1.807) is 50.2 Å². The number of benzene rings is 4. The number of hydrogen-bond acceptors (Lipinski definition) is 14. The van der Waals surface area contributed by atoms with Crippen molar-refractivity contribution in [1.29, 1.82) is 0 Å². The number of sulfonamides is 2. The lowest BCUT2D eigenvalue weighted by molar-refractivity contribution is -0.125. The molecule has 0 saturated heterocycles. The molecule has 8 rings (SSSR count). The molecular weight excluding hydrogens is 1040 g/mol. The second-order valence-electron chi connectivity index (χ2n) is 16.9. The number of aromatic nitrogens is 6. The molecule has 0 aliphatic rings. The summed E-state index contributed by atoms with van der Waals surface area (Å²) >= 11 is 0. The fourth-order valence-electron chi connectivity index (χ4n) is 7.65. The molecule has 2 amide bonds. The first-order valence-corrected chi connectivity index (χ1v) is 25.5. The summed E-state index contributed by atoms with van der Waals surface area (Å²) in [5.41, 5.74) is 1.84. The van der Waals surface area contributed by atoms with Crippen molar-refractivity contribution in [3.8, 4) is 34.0 Å². The lowest BCUT2D eigenvalue weighted by atomic mass is 10.0. The fourth-order valence-corrected chi connectivity index (χ4v) is 9.83. The number of halogens is 4. The van der Waals surface area contributed by atoms with E-state index in [4.69, 9.17) is 9.47 Å². The molecule has 4 N–H and O–H groups in total. The average molecular weight is 1090 g/mol. The zero-order valence-electron chi connectivity index (χ0n) is 41.1. The third-order valence-electron chi connectivity index (χ3n) is 11.5. The Balaban J connectivity index is 0.000000221. The van der Waals surface area contributed by atoms with E-state index in [2.05, 4.69) is 40.0 Å². The summed E-state index contributed by atoms with van der Waals surface area (Å²) in [6.07, 6.45) is 5.59. The number of methoxy groups -OCH3 is 2. The van der Waals surface area contributed by atoms with Crippen LogP contribution in [0.3, 0.4) is 0 Å². The Labute approximate surface area is 430 Å². The highest BCUT2D eigenvalue weighted by Gasteiger charge is 2.23. The van der Waals surface area contributed by atoms with Crippen LogP contribution in [0.15, 0.2) is 129 Å². The maximum atomic E-state index is 13.6. The predicted octanol–water partition coefficient (Wildman–Crippen LogP) is 5.86. The van der Waals surface area contributed by atoms with Crippen molar-refractivity contribution in [3.63, 3.8) is 0 Å². The first-order chi connectivity index (χ1) is 36.0. The predicted molar refractivity (Wildman–Crippen MR) is 272 cm³/mol. The molecule has 0 spiro atoms. The minimum Gasteiger partial charge on any atom is -0.480 e. The standard InChI is InChI=1S/2C25H23F2N5O5S/c2*1-14(23(33)28-2)12-32-13-30-21-5-4-15(6-20(21)25(32)34)16-7-22(24(37-3)29-11-16)31-38(35,36)19-9-17(26)8-18(27)10-19/h2*4-11,13-14,31H,12H2,1-3H3,(H,28,33)/t2*14-/m10/s1. The Kier molecular flexibility index (Phi) is 16.5. The van der Waals surface area contributed by atoms with Crippen molar-refractivity contribution in [2.45, 2.75) is 36.7 Å². The van der Waals surface area contributed by atoms with E-state index >= 15 is 0 Å². The van der Waals surface area contributed by atoms with Crippen LogP contribution in [0.5, 0.6) is 11.8 Å². The molecule has 0 aliphatic carbocycles. The third kappa shape index (κ3) is 12.4. The maximum absolute atomic E-state index is 13.6. The van der Waals surface area contributed by atoms with Crippen molar-refractivity contribution in [2.24, 2.45) is 11.8 Å². The summed E-state index contributed by atoms with van der Waals surface area (Å²) in [6.45, 7) is 3.64. The molecule has 2 atom stereocenters. The fraction of sp³-hybridized carbons (Fsp3) is 0.200. The van der Waals surface area contributed by atoms with Gasteiger partial charge in [0.05, 0.1) is 70.3 Å². The van der Waals surface area contributed by atoms with Gasteiger partial charge in [-0.05, 0) is 71.8 Å². The smallest absolute Gasteiger partial charge is 0.262 e. The van der Waals surface area contributed by atoms with E-state index in [1.165, 1.54) is 74.6 Å². The average Bonchev–Trinajstić information content (AvgIpc) is 3.39. The number of anilines is 2. The summed E-state index contributed by atoms with van der Waals surface area (Å²) in [6, 6.07) is 16.5. The summed E-state index contributed by atoms with van der Waals surface area (Å²) in [5, 5.41) is 5.64. The lowest BCUT2D eigenvalue weighted by Crippen LogP contribution is -2.32. The molecule has 0 aliphatic heterocycles. The Bertz CT molecular complexity index is 3630. The van der Waals surface area contributed by atoms with E-state index in [0.717, 1.165) is 0 Å². The number of pyridine rings is 2. The number of ether oxygens (including phenoxy) is 2. The largest absolute Gasteiger partial charge is 0.480 e. The van der Waals surface area contributed by atoms with Crippen molar-refractivity contribution < 1.29 is 53.5 Å². The van der Waals surface area contributed by atoms with Crippen LogP contribution in [0.25, 0.3) is 44.1 Å². The van der Waals surface area contributed by atoms with E-state index < -0.39 is 64.9 Å². The molecule has 4 heterocycles. The molecule has 0 radical (unpaired) electrons. The molecule has 76 heavy (non-hydrogen) atoms. The van der Waals surface area contributed by atoms with Crippen molar-refractivity contribution >= 4 is 65.0 Å². The van der Waals surface area contributed by atoms with Crippen LogP contribution in [-0.2, 0) is 42.7 Å². The second-order valence-corrected chi connectivity index (χ2v) is 20.2. The summed E-state index contributed by atoms with van der Waals surface area (Å²) in [5.74, 6) is -5.73. The monoisotopic (exact) mass is 1090 g/mol. The van der Waals surface area contributed by atoms with Crippen molar-refractivity contribution in [3.05, 3.63) is 154 Å². The van der Waals surface area contributed by atoms with E-state index in [0.29, 0.717) is 69.7 Å². The summed E-state index contributed by atoms with van der Waals surface area (Å²) < 4.78 is 123. The Hall–Kier alpha value is -8.78. The van der Waals surface area contributed by atoms with E-state index in [1.807, 2.05) is 0 Å². The van der Waals surface area contributed by atoms with Gasteiger partial charge in [-0.15, -0.1) is 0 Å². The van der Waals surface area contributed by atoms with Gasteiger partial charge in [-0.25, -0.2) is 54.3 Å². The molecule has 4 aromatic heterocycles. The topological polar surface area (TPSA) is 265 Å². The van der Waals surface area contributed by atoms with Gasteiger partial charge in [-0.1, -0.05) is 26.0 Å². The van der Waals surface area contributed by atoms with Crippen LogP contribution in [0.2, 0.25) is 0 Å². The SMILES string of the molecule is CNC(=O)[C@@H](C)Cn1cnc2ccc(-c3cnc(OC)c(NS(=O)(=O)c4cc(F)cc(F)c4)c3)cc2c1=O.CNC(=O)[C@H](C)Cn1cnc2ccc(-c3cnc(OC)c(NS(=O)(=O)c4cc(F)cc(F)c4)c3)cc2c1=O. The number of hydrogen-bond donors (Lipinski definition) is 4. The summed E-state index contributed by atoms with van der Waals surface area (Å²) in [4.78, 5) is 65.7. The lowest BCUT2D eigenvalue weighted by Gasteiger charge is -2.14. The first kappa shape index (κ1) is 55.0.